The molecule has 0 aromatic carbocycles. The van der Waals surface area contributed by atoms with E-state index in [1.54, 1.807) is 0 Å². The third-order valence-electron chi connectivity index (χ3n) is 6.92. The molecule has 0 radical (unpaired) electrons. The third-order valence-corrected chi connectivity index (χ3v) is 6.92. The Morgan fingerprint density at radius 3 is 2.69 bits per heavy atom. The molecular formula is C22H32O4. The first kappa shape index (κ1) is 19.3. The van der Waals surface area contributed by atoms with Crippen LogP contribution in [0.4, 0.5) is 0 Å². The van der Waals surface area contributed by atoms with Crippen LogP contribution in [0.1, 0.15) is 60.3 Å². The molecule has 1 aliphatic heterocycles. The van der Waals surface area contributed by atoms with Crippen LogP contribution in [0, 0.1) is 29.1 Å². The second-order valence-corrected chi connectivity index (χ2v) is 9.45. The molecule has 2 aliphatic carbocycles. The van der Waals surface area contributed by atoms with Gasteiger partial charge in [-0.05, 0) is 76.2 Å². The molecule has 1 heterocycles. The topological polar surface area (TPSA) is 52.6 Å². The van der Waals surface area contributed by atoms with E-state index in [1.165, 1.54) is 12.3 Å². The van der Waals surface area contributed by atoms with Crippen molar-refractivity contribution in [1.29, 1.82) is 0 Å². The molecule has 0 amide bonds. The minimum absolute atomic E-state index is 0.0271. The van der Waals surface area contributed by atoms with Gasteiger partial charge in [0.1, 0.15) is 5.78 Å². The normalized spacial score (nSPS) is 38.6. The second-order valence-electron chi connectivity index (χ2n) is 9.45. The first-order valence-electron chi connectivity index (χ1n) is 9.81. The average Bonchev–Trinajstić information content (AvgIpc) is 2.60. The number of fused-ring (bicyclic) bond motifs is 1. The molecule has 1 saturated heterocycles. The summed E-state index contributed by atoms with van der Waals surface area (Å²) in [6, 6.07) is 0. The molecule has 2 bridgehead atoms. The van der Waals surface area contributed by atoms with E-state index in [2.05, 4.69) is 20.8 Å². The van der Waals surface area contributed by atoms with Crippen LogP contribution >= 0.6 is 0 Å². The lowest BCUT2D eigenvalue weighted by Crippen LogP contribution is -2.53. The van der Waals surface area contributed by atoms with Crippen LogP contribution in [0.5, 0.6) is 0 Å². The van der Waals surface area contributed by atoms with Crippen molar-refractivity contribution in [3.63, 3.8) is 0 Å². The van der Waals surface area contributed by atoms with Gasteiger partial charge in [0.2, 0.25) is 0 Å². The second kappa shape index (κ2) is 6.95. The highest BCUT2D eigenvalue weighted by atomic mass is 16.5. The molecule has 0 N–H and O–H groups in total. The molecule has 5 atom stereocenters. The van der Waals surface area contributed by atoms with Crippen molar-refractivity contribution in [3.05, 3.63) is 24.0 Å². The van der Waals surface area contributed by atoms with E-state index in [1.807, 2.05) is 19.9 Å². The summed E-state index contributed by atoms with van der Waals surface area (Å²) >= 11 is 0. The fourth-order valence-electron chi connectivity index (χ4n) is 5.36. The van der Waals surface area contributed by atoms with Gasteiger partial charge < -0.3 is 9.47 Å². The smallest absolute Gasteiger partial charge is 0.335 e. The summed E-state index contributed by atoms with van der Waals surface area (Å²) in [4.78, 5) is 24.7. The predicted octanol–water partition coefficient (Wildman–Crippen LogP) is 4.45. The number of rotatable bonds is 3. The maximum absolute atomic E-state index is 12.9. The molecule has 3 fully saturated rings. The quantitative estimate of drug-likeness (QED) is 0.424. The van der Waals surface area contributed by atoms with E-state index in [-0.39, 0.29) is 28.8 Å². The Morgan fingerprint density at radius 1 is 1.27 bits per heavy atom. The largest absolute Gasteiger partial charge is 0.432 e. The lowest BCUT2D eigenvalue weighted by atomic mass is 9.57. The first-order valence-corrected chi connectivity index (χ1v) is 9.81. The summed E-state index contributed by atoms with van der Waals surface area (Å²) in [7, 11) is 0. The van der Waals surface area contributed by atoms with Crippen molar-refractivity contribution in [3.8, 4) is 0 Å². The number of carbonyl (C=O) groups excluding carboxylic acids is 2. The predicted molar refractivity (Wildman–Crippen MR) is 100 cm³/mol. The zero-order valence-corrected chi connectivity index (χ0v) is 16.7. The van der Waals surface area contributed by atoms with E-state index >= 15 is 0 Å². The van der Waals surface area contributed by atoms with Crippen molar-refractivity contribution in [2.75, 3.05) is 6.61 Å². The summed E-state index contributed by atoms with van der Waals surface area (Å²) in [5.74, 6) is 0.960. The molecule has 4 heteroatoms. The highest BCUT2D eigenvalue weighted by Gasteiger charge is 2.55. The van der Waals surface area contributed by atoms with Gasteiger partial charge in [0.05, 0.1) is 18.5 Å². The number of Topliss-reactive ketones (excluding diaryl/α,β-unsaturated/α-hetero) is 1. The molecule has 3 rings (SSSR count). The summed E-state index contributed by atoms with van der Waals surface area (Å²) in [5.41, 5.74) is 0.849. The molecule has 0 aromatic heterocycles. The number of allylic oxidation sites excluding steroid dienone is 2. The zero-order valence-electron chi connectivity index (χ0n) is 16.7. The number of hydrogen-bond donors (Lipinski definition) is 0. The lowest BCUT2D eigenvalue weighted by molar-refractivity contribution is -0.173. The fourth-order valence-corrected chi connectivity index (χ4v) is 5.36. The van der Waals surface area contributed by atoms with E-state index in [0.717, 1.165) is 24.8 Å². The summed E-state index contributed by atoms with van der Waals surface area (Å²) < 4.78 is 11.3. The van der Waals surface area contributed by atoms with Gasteiger partial charge in [0.25, 0.3) is 0 Å². The lowest BCUT2D eigenvalue weighted by Gasteiger charge is -2.53. The molecule has 1 unspecified atom stereocenters. The Hall–Kier alpha value is -1.42. The highest BCUT2D eigenvalue weighted by Crippen LogP contribution is 2.57. The van der Waals surface area contributed by atoms with E-state index in [0.29, 0.717) is 30.6 Å². The molecule has 2 saturated carbocycles. The Bertz CT molecular complexity index is 641. The molecule has 0 spiro atoms. The van der Waals surface area contributed by atoms with E-state index in [4.69, 9.17) is 9.47 Å². The number of esters is 1. The van der Waals surface area contributed by atoms with Crippen LogP contribution < -0.4 is 0 Å². The van der Waals surface area contributed by atoms with Gasteiger partial charge in [-0.25, -0.2) is 4.79 Å². The van der Waals surface area contributed by atoms with Gasteiger partial charge in [-0.3, -0.25) is 4.79 Å². The highest BCUT2D eigenvalue weighted by molar-refractivity contribution is 5.83. The molecular weight excluding hydrogens is 328 g/mol. The molecule has 3 aliphatic rings. The molecule has 0 aromatic rings. The Kier molecular flexibility index (Phi) is 5.17. The molecule has 144 valence electrons. The maximum atomic E-state index is 12.9. The van der Waals surface area contributed by atoms with E-state index < -0.39 is 0 Å². The standard InChI is InChI=1S/C22H32O4/c1-14(2)10-20(24)25-9-7-15-11-19(23)17-13-26-21(3,4)18-6-8-22(15,5)12-16(17)18/h7,9-10,15-18H,6,8,11-13H2,1-5H3/b9-7+/t15-,16-,17?,18-,22+/m1/s1. The van der Waals surface area contributed by atoms with Crippen molar-refractivity contribution >= 4 is 11.8 Å². The molecule has 4 nitrogen and oxygen atoms in total. The van der Waals surface area contributed by atoms with Gasteiger partial charge in [-0.1, -0.05) is 12.5 Å². The third kappa shape index (κ3) is 3.66. The monoisotopic (exact) mass is 360 g/mol. The first-order chi connectivity index (χ1) is 12.1. The summed E-state index contributed by atoms with van der Waals surface area (Å²) in [5, 5.41) is 0. The van der Waals surface area contributed by atoms with Gasteiger partial charge >= 0.3 is 5.97 Å². The van der Waals surface area contributed by atoms with Crippen molar-refractivity contribution in [1.82, 2.24) is 0 Å². The van der Waals surface area contributed by atoms with Crippen LogP contribution in [0.15, 0.2) is 24.0 Å². The van der Waals surface area contributed by atoms with Crippen LogP contribution in [0.25, 0.3) is 0 Å². The van der Waals surface area contributed by atoms with Crippen LogP contribution in [0.2, 0.25) is 0 Å². The van der Waals surface area contributed by atoms with Crippen LogP contribution in [-0.2, 0) is 19.1 Å². The number of carbonyl (C=O) groups is 2. The van der Waals surface area contributed by atoms with Crippen molar-refractivity contribution in [2.24, 2.45) is 29.1 Å². The van der Waals surface area contributed by atoms with Gasteiger partial charge in [0.15, 0.2) is 0 Å². The van der Waals surface area contributed by atoms with Crippen molar-refractivity contribution < 1.29 is 19.1 Å². The van der Waals surface area contributed by atoms with Crippen LogP contribution in [-0.4, -0.2) is 24.0 Å². The molecule has 26 heavy (non-hydrogen) atoms. The van der Waals surface area contributed by atoms with Gasteiger partial charge in [-0.2, -0.15) is 0 Å². The Labute approximate surface area is 157 Å². The van der Waals surface area contributed by atoms with Gasteiger partial charge in [-0.15, -0.1) is 0 Å². The minimum Gasteiger partial charge on any atom is -0.432 e. The van der Waals surface area contributed by atoms with Crippen molar-refractivity contribution in [2.45, 2.75) is 65.9 Å². The Morgan fingerprint density at radius 2 is 2.00 bits per heavy atom. The number of ketones is 1. The zero-order chi connectivity index (χ0) is 19.1. The fraction of sp³-hybridized carbons (Fsp3) is 0.727. The van der Waals surface area contributed by atoms with E-state index in [9.17, 15) is 9.59 Å². The number of ether oxygens (including phenoxy) is 2. The summed E-state index contributed by atoms with van der Waals surface area (Å²) in [6.45, 7) is 10.9. The number of hydrogen-bond acceptors (Lipinski definition) is 4. The SMILES string of the molecule is CC(C)=CC(=O)O/C=C/[C@@H]1CC(=O)C2COC(C)(C)[C@@H]3CC[C@@]1(C)C[C@H]23. The summed E-state index contributed by atoms with van der Waals surface area (Å²) in [6.07, 6.45) is 8.66. The van der Waals surface area contributed by atoms with Gasteiger partial charge in [0, 0.05) is 18.4 Å². The Balaban J connectivity index is 1.79. The minimum atomic E-state index is -0.362. The maximum Gasteiger partial charge on any atom is 0.335 e. The van der Waals surface area contributed by atoms with Crippen LogP contribution in [0.3, 0.4) is 0 Å². The average molecular weight is 360 g/mol.